The Morgan fingerprint density at radius 1 is 1.36 bits per heavy atom. The van der Waals surface area contributed by atoms with E-state index in [1.54, 1.807) is 0 Å². The van der Waals surface area contributed by atoms with Crippen molar-refractivity contribution in [2.24, 2.45) is 5.16 Å². The molecule has 0 spiro atoms. The molecule has 22 heavy (non-hydrogen) atoms. The molecule has 0 bridgehead atoms. The van der Waals surface area contributed by atoms with Gasteiger partial charge in [0.25, 0.3) is 0 Å². The van der Waals surface area contributed by atoms with Crippen LogP contribution >= 0.6 is 22.9 Å². The molecule has 0 radical (unpaired) electrons. The maximum absolute atomic E-state index is 5.94. The first-order valence-electron chi connectivity index (χ1n) is 7.10. The topological polar surface area (TPSA) is 33.6 Å². The zero-order chi connectivity index (χ0) is 15.5. The predicted molar refractivity (Wildman–Crippen MR) is 93.6 cm³/mol. The Bertz CT molecular complexity index is 706. The minimum Gasteiger partial charge on any atom is -0.390 e. The minimum absolute atomic E-state index is 0.0310. The van der Waals surface area contributed by atoms with Gasteiger partial charge >= 0.3 is 0 Å². The van der Waals surface area contributed by atoms with Crippen LogP contribution in [0.1, 0.15) is 22.4 Å². The summed E-state index contributed by atoms with van der Waals surface area (Å²) in [6, 6.07) is 12.2. The summed E-state index contributed by atoms with van der Waals surface area (Å²) in [5.41, 5.74) is 4.23. The third kappa shape index (κ3) is 3.51. The van der Waals surface area contributed by atoms with Gasteiger partial charge < -0.3 is 10.2 Å². The molecule has 2 heterocycles. The average Bonchev–Trinajstić information content (AvgIpc) is 3.15. The summed E-state index contributed by atoms with van der Waals surface area (Å²) in [6.07, 6.45) is 0.831. The van der Waals surface area contributed by atoms with Crippen LogP contribution in [0.5, 0.6) is 0 Å². The van der Waals surface area contributed by atoms with Gasteiger partial charge in [-0.15, -0.1) is 11.3 Å². The van der Waals surface area contributed by atoms with Gasteiger partial charge in [-0.3, -0.25) is 0 Å². The van der Waals surface area contributed by atoms with Gasteiger partial charge in [0.05, 0.1) is 21.5 Å². The van der Waals surface area contributed by atoms with Crippen molar-refractivity contribution >= 4 is 34.3 Å². The van der Waals surface area contributed by atoms with E-state index in [4.69, 9.17) is 16.4 Å². The Balaban J connectivity index is 1.52. The monoisotopic (exact) mass is 332 g/mol. The number of rotatable bonds is 5. The van der Waals surface area contributed by atoms with E-state index in [1.165, 1.54) is 16.9 Å². The van der Waals surface area contributed by atoms with Crippen LogP contribution in [0.4, 0.5) is 0 Å². The standard InChI is InChI=1S/C17H17ClN2OS/c1-11-3-5-13(6-4-11)15-9-14(21-20-15)10-19-12(2)16-7-8-17(18)22-16/h3-8,14,19H,2,9-10H2,1H3. The Kier molecular flexibility index (Phi) is 4.50. The third-order valence-corrected chi connectivity index (χ3v) is 4.82. The molecule has 5 heteroatoms. The molecule has 1 N–H and O–H groups in total. The van der Waals surface area contributed by atoms with Crippen LogP contribution in [0.3, 0.4) is 0 Å². The minimum atomic E-state index is 0.0310. The highest BCUT2D eigenvalue weighted by atomic mass is 35.5. The molecule has 1 aromatic heterocycles. The zero-order valence-electron chi connectivity index (χ0n) is 12.3. The maximum atomic E-state index is 5.94. The SMILES string of the molecule is C=C(NCC1CC(c2ccc(C)cc2)=NO1)c1ccc(Cl)s1. The number of thiophene rings is 1. The number of oxime groups is 1. The summed E-state index contributed by atoms with van der Waals surface area (Å²) in [7, 11) is 0. The molecule has 0 fully saturated rings. The summed E-state index contributed by atoms with van der Waals surface area (Å²) in [5.74, 6) is 0. The smallest absolute Gasteiger partial charge is 0.150 e. The first kappa shape index (κ1) is 15.1. The van der Waals surface area contributed by atoms with E-state index in [2.05, 4.69) is 48.2 Å². The van der Waals surface area contributed by atoms with Crippen LogP contribution in [-0.2, 0) is 4.84 Å². The molecule has 1 unspecified atom stereocenters. The van der Waals surface area contributed by atoms with E-state index in [1.807, 2.05) is 12.1 Å². The van der Waals surface area contributed by atoms with Crippen LogP contribution < -0.4 is 5.32 Å². The number of halogens is 1. The van der Waals surface area contributed by atoms with Crippen LogP contribution in [0.25, 0.3) is 5.70 Å². The largest absolute Gasteiger partial charge is 0.390 e. The van der Waals surface area contributed by atoms with Gasteiger partial charge in [0.1, 0.15) is 6.10 Å². The molecule has 1 aliphatic heterocycles. The predicted octanol–water partition coefficient (Wildman–Crippen LogP) is 4.46. The third-order valence-electron chi connectivity index (χ3n) is 3.53. The van der Waals surface area contributed by atoms with Gasteiger partial charge in [0.2, 0.25) is 0 Å². The molecule has 0 amide bonds. The highest BCUT2D eigenvalue weighted by molar-refractivity contribution is 7.17. The fourth-order valence-corrected chi connectivity index (χ4v) is 3.24. The van der Waals surface area contributed by atoms with E-state index in [0.717, 1.165) is 32.6 Å². The molecule has 0 saturated carbocycles. The Labute approximate surface area is 139 Å². The molecular weight excluding hydrogens is 316 g/mol. The quantitative estimate of drug-likeness (QED) is 0.876. The fraction of sp³-hybridized carbons (Fsp3) is 0.235. The van der Waals surface area contributed by atoms with Crippen molar-refractivity contribution in [1.29, 1.82) is 0 Å². The molecule has 1 aromatic carbocycles. The lowest BCUT2D eigenvalue weighted by atomic mass is 10.0. The lowest BCUT2D eigenvalue weighted by Gasteiger charge is -2.11. The average molecular weight is 333 g/mol. The first-order valence-corrected chi connectivity index (χ1v) is 8.29. The van der Waals surface area contributed by atoms with Crippen molar-refractivity contribution in [2.45, 2.75) is 19.4 Å². The van der Waals surface area contributed by atoms with Gasteiger partial charge in [-0.05, 0) is 24.6 Å². The first-order chi connectivity index (χ1) is 10.6. The van der Waals surface area contributed by atoms with Gasteiger partial charge in [-0.25, -0.2) is 0 Å². The molecular formula is C17H17ClN2OS. The number of hydrogen-bond donors (Lipinski definition) is 1. The summed E-state index contributed by atoms with van der Waals surface area (Å²) >= 11 is 7.45. The molecule has 0 aliphatic carbocycles. The lowest BCUT2D eigenvalue weighted by molar-refractivity contribution is 0.0881. The van der Waals surface area contributed by atoms with Crippen molar-refractivity contribution in [3.05, 3.63) is 63.3 Å². The molecule has 0 saturated heterocycles. The summed E-state index contributed by atoms with van der Waals surface area (Å²) in [5, 5.41) is 7.49. The van der Waals surface area contributed by atoms with E-state index >= 15 is 0 Å². The zero-order valence-corrected chi connectivity index (χ0v) is 13.9. The van der Waals surface area contributed by atoms with Crippen molar-refractivity contribution in [3.8, 4) is 0 Å². The van der Waals surface area contributed by atoms with Crippen LogP contribution in [0.2, 0.25) is 4.34 Å². The fourth-order valence-electron chi connectivity index (χ4n) is 2.25. The van der Waals surface area contributed by atoms with E-state index in [9.17, 15) is 0 Å². The molecule has 1 aliphatic rings. The van der Waals surface area contributed by atoms with Gasteiger partial charge in [0.15, 0.2) is 0 Å². The summed E-state index contributed by atoms with van der Waals surface area (Å²) < 4.78 is 0.764. The summed E-state index contributed by atoms with van der Waals surface area (Å²) in [6.45, 7) is 6.78. The number of aryl methyl sites for hydroxylation is 1. The highest BCUT2D eigenvalue weighted by Crippen LogP contribution is 2.25. The normalized spacial score (nSPS) is 17.0. The van der Waals surface area contributed by atoms with Crippen molar-refractivity contribution in [3.63, 3.8) is 0 Å². The number of hydrogen-bond acceptors (Lipinski definition) is 4. The Morgan fingerprint density at radius 2 is 2.14 bits per heavy atom. The second-order valence-corrected chi connectivity index (χ2v) is 7.01. The van der Waals surface area contributed by atoms with Gasteiger partial charge in [0, 0.05) is 12.1 Å². The highest BCUT2D eigenvalue weighted by Gasteiger charge is 2.22. The van der Waals surface area contributed by atoms with Crippen molar-refractivity contribution < 1.29 is 4.84 Å². The van der Waals surface area contributed by atoms with E-state index < -0.39 is 0 Å². The number of nitrogens with zero attached hydrogens (tertiary/aromatic N) is 1. The van der Waals surface area contributed by atoms with Crippen LogP contribution in [0.15, 0.2) is 48.1 Å². The molecule has 3 rings (SSSR count). The molecule has 1 atom stereocenters. The van der Waals surface area contributed by atoms with Crippen LogP contribution in [0, 0.1) is 6.92 Å². The van der Waals surface area contributed by atoms with Crippen LogP contribution in [-0.4, -0.2) is 18.4 Å². The van der Waals surface area contributed by atoms with E-state index in [0.29, 0.717) is 6.54 Å². The maximum Gasteiger partial charge on any atom is 0.150 e. The van der Waals surface area contributed by atoms with Gasteiger partial charge in [-0.1, -0.05) is 53.2 Å². The second-order valence-electron chi connectivity index (χ2n) is 5.30. The molecule has 2 aromatic rings. The van der Waals surface area contributed by atoms with Crippen molar-refractivity contribution in [1.82, 2.24) is 5.32 Å². The molecule has 114 valence electrons. The Hall–Kier alpha value is -1.78. The Morgan fingerprint density at radius 3 is 2.82 bits per heavy atom. The van der Waals surface area contributed by atoms with Crippen molar-refractivity contribution in [2.75, 3.05) is 6.54 Å². The molecule has 3 nitrogen and oxygen atoms in total. The number of benzene rings is 1. The van der Waals surface area contributed by atoms with E-state index in [-0.39, 0.29) is 6.10 Å². The number of nitrogens with one attached hydrogen (secondary N) is 1. The second kappa shape index (κ2) is 6.55. The summed E-state index contributed by atoms with van der Waals surface area (Å²) in [4.78, 5) is 6.55. The lowest BCUT2D eigenvalue weighted by Crippen LogP contribution is -2.25. The van der Waals surface area contributed by atoms with Gasteiger partial charge in [-0.2, -0.15) is 0 Å².